The van der Waals surface area contributed by atoms with Gasteiger partial charge in [0.05, 0.1) is 0 Å². The normalized spacial score (nSPS) is 12.8. The Morgan fingerprint density at radius 3 is 1.04 bits per heavy atom. The Labute approximate surface area is 168 Å². The Bertz CT molecular complexity index is 232. The molecule has 0 spiro atoms. The van der Waals surface area contributed by atoms with Crippen molar-refractivity contribution >= 4 is 0 Å². The molecule has 0 aromatic rings. The summed E-state index contributed by atoms with van der Waals surface area (Å²) < 4.78 is 0. The summed E-state index contributed by atoms with van der Waals surface area (Å²) in [7, 11) is 0. The molecule has 0 saturated carbocycles. The standard InChI is InChI=1S/C26H54/c1-5-9-13-16-19-23-25(20-12-8-4)24-26(21-17-14-10-6-2)22-18-15-11-7-3/h25-26H,5-24H2,1-4H3. The zero-order chi connectivity index (χ0) is 19.3. The molecule has 0 nitrogen and oxygen atoms in total. The van der Waals surface area contributed by atoms with Gasteiger partial charge < -0.3 is 0 Å². The average molecular weight is 367 g/mol. The fourth-order valence-corrected chi connectivity index (χ4v) is 4.48. The van der Waals surface area contributed by atoms with Crippen LogP contribution in [0.1, 0.15) is 156 Å². The van der Waals surface area contributed by atoms with Crippen molar-refractivity contribution in [2.45, 2.75) is 156 Å². The molecule has 1 unspecified atom stereocenters. The molecule has 0 heterocycles. The Morgan fingerprint density at radius 2 is 0.654 bits per heavy atom. The first-order chi connectivity index (χ1) is 12.8. The maximum Gasteiger partial charge on any atom is -0.0412 e. The van der Waals surface area contributed by atoms with Crippen LogP contribution in [0.5, 0.6) is 0 Å². The SMILES string of the molecule is CCCCCCCC(CCCC)CC(CCCCCC)CCCCCC. The van der Waals surface area contributed by atoms with E-state index in [9.17, 15) is 0 Å². The monoisotopic (exact) mass is 366 g/mol. The highest BCUT2D eigenvalue weighted by molar-refractivity contribution is 4.69. The minimum Gasteiger partial charge on any atom is -0.0654 e. The lowest BCUT2D eigenvalue weighted by Gasteiger charge is -2.24. The maximum absolute atomic E-state index is 2.37. The van der Waals surface area contributed by atoms with Crippen molar-refractivity contribution < 1.29 is 0 Å². The van der Waals surface area contributed by atoms with E-state index in [2.05, 4.69) is 27.7 Å². The van der Waals surface area contributed by atoms with Crippen LogP contribution in [0.25, 0.3) is 0 Å². The number of hydrogen-bond acceptors (Lipinski definition) is 0. The van der Waals surface area contributed by atoms with Crippen molar-refractivity contribution in [1.29, 1.82) is 0 Å². The van der Waals surface area contributed by atoms with E-state index in [1.165, 1.54) is 122 Å². The predicted octanol–water partition coefficient (Wildman–Crippen LogP) is 10.1. The molecule has 26 heavy (non-hydrogen) atoms. The fraction of sp³-hybridized carbons (Fsp3) is 1.00. The van der Waals surface area contributed by atoms with Gasteiger partial charge in [-0.2, -0.15) is 0 Å². The smallest absolute Gasteiger partial charge is 0.0412 e. The zero-order valence-corrected chi connectivity index (χ0v) is 19.3. The summed E-state index contributed by atoms with van der Waals surface area (Å²) in [6, 6.07) is 0. The number of unbranched alkanes of at least 4 members (excludes halogenated alkanes) is 11. The molecule has 0 N–H and O–H groups in total. The first kappa shape index (κ1) is 26.0. The Kier molecular flexibility index (Phi) is 21.3. The second-order valence-corrected chi connectivity index (χ2v) is 9.01. The van der Waals surface area contributed by atoms with Crippen molar-refractivity contribution in [3.8, 4) is 0 Å². The Balaban J connectivity index is 4.33. The highest BCUT2D eigenvalue weighted by Gasteiger charge is 2.16. The van der Waals surface area contributed by atoms with Crippen LogP contribution < -0.4 is 0 Å². The molecule has 0 bridgehead atoms. The van der Waals surface area contributed by atoms with Crippen LogP contribution in [-0.4, -0.2) is 0 Å². The topological polar surface area (TPSA) is 0 Å². The van der Waals surface area contributed by atoms with E-state index >= 15 is 0 Å². The van der Waals surface area contributed by atoms with E-state index in [1.807, 2.05) is 0 Å². The Hall–Kier alpha value is 0. The van der Waals surface area contributed by atoms with E-state index in [1.54, 1.807) is 6.42 Å². The van der Waals surface area contributed by atoms with Gasteiger partial charge in [-0.15, -0.1) is 0 Å². The van der Waals surface area contributed by atoms with Crippen molar-refractivity contribution in [1.82, 2.24) is 0 Å². The summed E-state index contributed by atoms with van der Waals surface area (Å²) in [5.74, 6) is 2.06. The lowest BCUT2D eigenvalue weighted by atomic mass is 9.82. The highest BCUT2D eigenvalue weighted by Crippen LogP contribution is 2.30. The third-order valence-corrected chi connectivity index (χ3v) is 6.28. The summed E-state index contributed by atoms with van der Waals surface area (Å²) in [5.41, 5.74) is 0. The number of rotatable bonds is 21. The van der Waals surface area contributed by atoms with Crippen molar-refractivity contribution in [2.24, 2.45) is 11.8 Å². The van der Waals surface area contributed by atoms with Crippen molar-refractivity contribution in [3.63, 3.8) is 0 Å². The summed E-state index contributed by atoms with van der Waals surface area (Å²) >= 11 is 0. The lowest BCUT2D eigenvalue weighted by Crippen LogP contribution is -2.10. The van der Waals surface area contributed by atoms with Crippen LogP contribution in [0, 0.1) is 11.8 Å². The molecular formula is C26H54. The minimum atomic E-state index is 1.03. The molecule has 0 aromatic carbocycles. The van der Waals surface area contributed by atoms with Crippen LogP contribution in [0.15, 0.2) is 0 Å². The molecule has 1 atom stereocenters. The molecule has 0 heteroatoms. The second-order valence-electron chi connectivity index (χ2n) is 9.01. The highest BCUT2D eigenvalue weighted by atomic mass is 14.2. The minimum absolute atomic E-state index is 1.03. The van der Waals surface area contributed by atoms with Crippen LogP contribution in [0.2, 0.25) is 0 Å². The van der Waals surface area contributed by atoms with Crippen LogP contribution in [0.4, 0.5) is 0 Å². The summed E-state index contributed by atoms with van der Waals surface area (Å²) in [5, 5.41) is 0. The van der Waals surface area contributed by atoms with Crippen molar-refractivity contribution in [2.75, 3.05) is 0 Å². The maximum atomic E-state index is 2.37. The molecule has 0 amide bonds. The predicted molar refractivity (Wildman–Crippen MR) is 122 cm³/mol. The van der Waals surface area contributed by atoms with Gasteiger partial charge in [-0.05, 0) is 18.3 Å². The number of hydrogen-bond donors (Lipinski definition) is 0. The van der Waals surface area contributed by atoms with Gasteiger partial charge in [0.15, 0.2) is 0 Å². The largest absolute Gasteiger partial charge is 0.0654 e. The van der Waals surface area contributed by atoms with Gasteiger partial charge in [-0.25, -0.2) is 0 Å². The third kappa shape index (κ3) is 17.4. The molecule has 0 fully saturated rings. The summed E-state index contributed by atoms with van der Waals surface area (Å²) in [4.78, 5) is 0. The molecule has 0 aromatic heterocycles. The summed E-state index contributed by atoms with van der Waals surface area (Å²) in [6.07, 6.45) is 29.2. The van der Waals surface area contributed by atoms with Crippen LogP contribution in [0.3, 0.4) is 0 Å². The molecule has 0 radical (unpaired) electrons. The molecule has 0 rings (SSSR count). The first-order valence-corrected chi connectivity index (χ1v) is 12.8. The molecule has 0 aliphatic rings. The lowest BCUT2D eigenvalue weighted by molar-refractivity contribution is 0.284. The van der Waals surface area contributed by atoms with Gasteiger partial charge in [0.25, 0.3) is 0 Å². The summed E-state index contributed by atoms with van der Waals surface area (Å²) in [6.45, 7) is 9.36. The van der Waals surface area contributed by atoms with Gasteiger partial charge in [0, 0.05) is 0 Å². The van der Waals surface area contributed by atoms with Gasteiger partial charge in [0.2, 0.25) is 0 Å². The molecule has 0 saturated heterocycles. The van der Waals surface area contributed by atoms with Gasteiger partial charge in [0.1, 0.15) is 0 Å². The Morgan fingerprint density at radius 1 is 0.346 bits per heavy atom. The van der Waals surface area contributed by atoms with Gasteiger partial charge >= 0.3 is 0 Å². The average Bonchev–Trinajstić information content (AvgIpc) is 2.65. The van der Waals surface area contributed by atoms with E-state index in [0.29, 0.717) is 0 Å². The quantitative estimate of drug-likeness (QED) is 0.177. The second kappa shape index (κ2) is 21.3. The zero-order valence-electron chi connectivity index (χ0n) is 19.3. The van der Waals surface area contributed by atoms with Crippen LogP contribution in [-0.2, 0) is 0 Å². The van der Waals surface area contributed by atoms with E-state index in [0.717, 1.165) is 11.8 Å². The molecular weight excluding hydrogens is 312 g/mol. The fourth-order valence-electron chi connectivity index (χ4n) is 4.48. The third-order valence-electron chi connectivity index (χ3n) is 6.28. The van der Waals surface area contributed by atoms with Crippen molar-refractivity contribution in [3.05, 3.63) is 0 Å². The molecule has 0 aliphatic heterocycles. The molecule has 158 valence electrons. The molecule has 0 aliphatic carbocycles. The van der Waals surface area contributed by atoms with Gasteiger partial charge in [-0.3, -0.25) is 0 Å². The van der Waals surface area contributed by atoms with Crippen LogP contribution >= 0.6 is 0 Å². The van der Waals surface area contributed by atoms with E-state index < -0.39 is 0 Å². The van der Waals surface area contributed by atoms with E-state index in [-0.39, 0.29) is 0 Å². The first-order valence-electron chi connectivity index (χ1n) is 12.8. The van der Waals surface area contributed by atoms with E-state index in [4.69, 9.17) is 0 Å². The van der Waals surface area contributed by atoms with Gasteiger partial charge in [-0.1, -0.05) is 150 Å².